The van der Waals surface area contributed by atoms with Crippen molar-refractivity contribution in [1.29, 1.82) is 0 Å². The molecular weight excluding hydrogens is 236 g/mol. The third-order valence-electron chi connectivity index (χ3n) is 1.95. The maximum absolute atomic E-state index is 11.5. The van der Waals surface area contributed by atoms with Crippen LogP contribution in [0.5, 0.6) is 0 Å². The monoisotopic (exact) mass is 246 g/mol. The first kappa shape index (κ1) is 12.5. The average molecular weight is 247 g/mol. The molecule has 0 aliphatic carbocycles. The smallest absolute Gasteiger partial charge is 0.334 e. The molecule has 1 amide bonds. The summed E-state index contributed by atoms with van der Waals surface area (Å²) in [6.07, 6.45) is -0.0657. The fourth-order valence-corrected chi connectivity index (χ4v) is 1.37. The van der Waals surface area contributed by atoms with Crippen LogP contribution in [0.3, 0.4) is 0 Å². The van der Waals surface area contributed by atoms with Gasteiger partial charge in [-0.25, -0.2) is 4.79 Å². The van der Waals surface area contributed by atoms with E-state index >= 15 is 0 Å². The summed E-state index contributed by atoms with van der Waals surface area (Å²) in [6, 6.07) is 1.45. The first-order valence-electron chi connectivity index (χ1n) is 4.42. The van der Waals surface area contributed by atoms with Gasteiger partial charge in [0.15, 0.2) is 6.10 Å². The Morgan fingerprint density at radius 2 is 2.25 bits per heavy atom. The molecule has 1 unspecified atom stereocenters. The number of aliphatic hydroxyl groups is 1. The number of aryl methyl sites for hydroxylation is 1. The topological polar surface area (TPSA) is 91.6 Å². The molecule has 0 saturated carbocycles. The minimum Gasteiger partial charge on any atom is -0.479 e. The van der Waals surface area contributed by atoms with E-state index in [0.717, 1.165) is 0 Å². The fraction of sp³-hybridized carbons (Fsp3) is 0.333. The summed E-state index contributed by atoms with van der Waals surface area (Å²) in [5.74, 6) is -1.88. The van der Waals surface area contributed by atoms with Gasteiger partial charge in [-0.05, 0) is 6.07 Å². The molecule has 3 N–H and O–H groups in total. The molecule has 1 heterocycles. The number of rotatable bonds is 4. The van der Waals surface area contributed by atoms with Crippen molar-refractivity contribution in [1.82, 2.24) is 9.88 Å². The highest BCUT2D eigenvalue weighted by atomic mass is 35.5. The third kappa shape index (κ3) is 2.98. The normalized spacial score (nSPS) is 12.2. The number of hydrogen-bond acceptors (Lipinski definition) is 3. The molecule has 7 heteroatoms. The van der Waals surface area contributed by atoms with E-state index < -0.39 is 18.0 Å². The lowest BCUT2D eigenvalue weighted by Gasteiger charge is -2.07. The number of halogens is 1. The van der Waals surface area contributed by atoms with E-state index in [9.17, 15) is 9.59 Å². The number of nitrogens with zero attached hydrogens (tertiary/aromatic N) is 1. The Kier molecular flexibility index (Phi) is 3.92. The SMILES string of the molecule is Cn1cc(Cl)cc1C(=O)NCC(O)C(=O)O. The third-order valence-corrected chi connectivity index (χ3v) is 2.15. The standard InChI is InChI=1S/C9H11ClN2O4/c1-12-4-5(10)2-6(12)8(14)11-3-7(13)9(15)16/h2,4,7,13H,3H2,1H3,(H,11,14)(H,15,16). The van der Waals surface area contributed by atoms with Crippen LogP contribution in [0.2, 0.25) is 5.02 Å². The van der Waals surface area contributed by atoms with Gasteiger partial charge in [-0.3, -0.25) is 4.79 Å². The minimum atomic E-state index is -1.61. The quantitative estimate of drug-likeness (QED) is 0.689. The highest BCUT2D eigenvalue weighted by molar-refractivity contribution is 6.31. The molecule has 88 valence electrons. The summed E-state index contributed by atoms with van der Waals surface area (Å²) >= 11 is 5.68. The van der Waals surface area contributed by atoms with E-state index in [1.807, 2.05) is 0 Å². The summed E-state index contributed by atoms with van der Waals surface area (Å²) in [4.78, 5) is 21.8. The summed E-state index contributed by atoms with van der Waals surface area (Å²) in [5.41, 5.74) is 0.294. The Bertz CT molecular complexity index is 416. The number of carbonyl (C=O) groups is 2. The van der Waals surface area contributed by atoms with Gasteiger partial charge in [0.1, 0.15) is 5.69 Å². The zero-order valence-electron chi connectivity index (χ0n) is 8.48. The maximum Gasteiger partial charge on any atom is 0.334 e. The Labute approximate surface area is 96.4 Å². The van der Waals surface area contributed by atoms with Gasteiger partial charge in [-0.15, -0.1) is 0 Å². The molecule has 0 bridgehead atoms. The van der Waals surface area contributed by atoms with Crippen LogP contribution in [-0.4, -0.2) is 39.3 Å². The summed E-state index contributed by atoms with van der Waals surface area (Å²) < 4.78 is 1.50. The van der Waals surface area contributed by atoms with Crippen LogP contribution in [-0.2, 0) is 11.8 Å². The molecule has 0 spiro atoms. The number of carbonyl (C=O) groups excluding carboxylic acids is 1. The van der Waals surface area contributed by atoms with E-state index in [4.69, 9.17) is 21.8 Å². The van der Waals surface area contributed by atoms with Crippen LogP contribution in [0.4, 0.5) is 0 Å². The van der Waals surface area contributed by atoms with Gasteiger partial charge in [0.05, 0.1) is 11.6 Å². The molecule has 0 aliphatic heterocycles. The van der Waals surface area contributed by atoms with Crippen molar-refractivity contribution in [3.8, 4) is 0 Å². The second-order valence-corrected chi connectivity index (χ2v) is 3.65. The summed E-state index contributed by atoms with van der Waals surface area (Å²) in [7, 11) is 1.63. The second kappa shape index (κ2) is 5.00. The molecule has 1 rings (SSSR count). The number of aliphatic carboxylic acids is 1. The highest BCUT2D eigenvalue weighted by Crippen LogP contribution is 2.12. The van der Waals surface area contributed by atoms with Crippen molar-refractivity contribution in [3.63, 3.8) is 0 Å². The lowest BCUT2D eigenvalue weighted by molar-refractivity contribution is -0.146. The van der Waals surface area contributed by atoms with Crippen molar-refractivity contribution in [2.75, 3.05) is 6.54 Å². The van der Waals surface area contributed by atoms with E-state index in [-0.39, 0.29) is 6.54 Å². The number of hydrogen-bond donors (Lipinski definition) is 3. The van der Waals surface area contributed by atoms with Crippen LogP contribution in [0.1, 0.15) is 10.5 Å². The number of aliphatic hydroxyl groups excluding tert-OH is 1. The van der Waals surface area contributed by atoms with Gasteiger partial charge < -0.3 is 20.1 Å². The lowest BCUT2D eigenvalue weighted by Crippen LogP contribution is -2.37. The number of aromatic nitrogens is 1. The van der Waals surface area contributed by atoms with Crippen molar-refractivity contribution in [3.05, 3.63) is 23.0 Å². The van der Waals surface area contributed by atoms with Crippen LogP contribution >= 0.6 is 11.6 Å². The molecule has 1 atom stereocenters. The minimum absolute atomic E-state index is 0.294. The van der Waals surface area contributed by atoms with Crippen LogP contribution in [0.15, 0.2) is 12.3 Å². The van der Waals surface area contributed by atoms with E-state index in [1.165, 1.54) is 10.6 Å². The van der Waals surface area contributed by atoms with Crippen molar-refractivity contribution < 1.29 is 19.8 Å². The molecule has 16 heavy (non-hydrogen) atoms. The fourth-order valence-electron chi connectivity index (χ4n) is 1.12. The number of amides is 1. The molecule has 0 aliphatic rings. The summed E-state index contributed by atoms with van der Waals surface area (Å²) in [6.45, 7) is -0.350. The zero-order valence-corrected chi connectivity index (χ0v) is 9.23. The van der Waals surface area contributed by atoms with E-state index in [1.54, 1.807) is 13.2 Å². The van der Waals surface area contributed by atoms with Gasteiger partial charge in [-0.1, -0.05) is 11.6 Å². The van der Waals surface area contributed by atoms with Gasteiger partial charge >= 0.3 is 5.97 Å². The van der Waals surface area contributed by atoms with Crippen LogP contribution < -0.4 is 5.32 Å². The van der Waals surface area contributed by atoms with Gasteiger partial charge in [-0.2, -0.15) is 0 Å². The van der Waals surface area contributed by atoms with Gasteiger partial charge in [0.25, 0.3) is 5.91 Å². The van der Waals surface area contributed by atoms with Crippen molar-refractivity contribution >= 4 is 23.5 Å². The molecule has 6 nitrogen and oxygen atoms in total. The van der Waals surface area contributed by atoms with E-state index in [2.05, 4.69) is 5.32 Å². The Balaban J connectivity index is 2.60. The van der Waals surface area contributed by atoms with Gasteiger partial charge in [0.2, 0.25) is 0 Å². The first-order chi connectivity index (χ1) is 7.41. The maximum atomic E-state index is 11.5. The largest absolute Gasteiger partial charge is 0.479 e. The first-order valence-corrected chi connectivity index (χ1v) is 4.80. The molecule has 0 aromatic carbocycles. The molecule has 0 saturated heterocycles. The molecule has 0 fully saturated rings. The predicted molar refractivity (Wildman–Crippen MR) is 56.4 cm³/mol. The second-order valence-electron chi connectivity index (χ2n) is 3.22. The number of carboxylic acids is 1. The Morgan fingerprint density at radius 3 is 2.69 bits per heavy atom. The molecule has 1 aromatic rings. The summed E-state index contributed by atoms with van der Waals surface area (Å²) in [5, 5.41) is 20.0. The van der Waals surface area contributed by atoms with Crippen molar-refractivity contribution in [2.24, 2.45) is 7.05 Å². The zero-order chi connectivity index (χ0) is 12.3. The Hall–Kier alpha value is -1.53. The van der Waals surface area contributed by atoms with Crippen molar-refractivity contribution in [2.45, 2.75) is 6.10 Å². The predicted octanol–water partition coefficient (Wildman–Crippen LogP) is -0.146. The van der Waals surface area contributed by atoms with Crippen LogP contribution in [0.25, 0.3) is 0 Å². The molecular formula is C9H11ClN2O4. The average Bonchev–Trinajstić information content (AvgIpc) is 2.53. The molecule has 0 radical (unpaired) electrons. The van der Waals surface area contributed by atoms with E-state index in [0.29, 0.717) is 10.7 Å². The Morgan fingerprint density at radius 1 is 1.62 bits per heavy atom. The number of nitrogens with one attached hydrogen (secondary N) is 1. The molecule has 1 aromatic heterocycles. The highest BCUT2D eigenvalue weighted by Gasteiger charge is 2.16. The van der Waals surface area contributed by atoms with Gasteiger partial charge in [0, 0.05) is 13.2 Å². The van der Waals surface area contributed by atoms with Crippen LogP contribution in [0, 0.1) is 0 Å². The lowest BCUT2D eigenvalue weighted by atomic mass is 10.3. The number of carboxylic acid groups (broad SMARTS) is 1.